The Morgan fingerprint density at radius 2 is 2.00 bits per heavy atom. The SMILES string of the molecule is O=C1CCCCN1CN1CCNC1=O. The lowest BCUT2D eigenvalue weighted by Crippen LogP contribution is -2.44. The number of amides is 3. The molecule has 2 fully saturated rings. The molecule has 2 heterocycles. The first-order chi connectivity index (χ1) is 6.77. The molecule has 3 amide bonds. The third kappa shape index (κ3) is 1.81. The average molecular weight is 197 g/mol. The van der Waals surface area contributed by atoms with Gasteiger partial charge < -0.3 is 15.1 Å². The monoisotopic (exact) mass is 197 g/mol. The Kier molecular flexibility index (Phi) is 2.56. The number of hydrogen-bond acceptors (Lipinski definition) is 2. The van der Waals surface area contributed by atoms with Crippen molar-refractivity contribution in [3.63, 3.8) is 0 Å². The first kappa shape index (κ1) is 9.30. The molecule has 0 unspecified atom stereocenters. The zero-order valence-corrected chi connectivity index (χ0v) is 8.16. The molecule has 2 aliphatic rings. The first-order valence-electron chi connectivity index (χ1n) is 5.08. The molecule has 0 aliphatic carbocycles. The van der Waals surface area contributed by atoms with Crippen LogP contribution in [0.1, 0.15) is 19.3 Å². The highest BCUT2D eigenvalue weighted by Gasteiger charge is 2.25. The fourth-order valence-electron chi connectivity index (χ4n) is 1.86. The highest BCUT2D eigenvalue weighted by molar-refractivity contribution is 5.79. The third-order valence-electron chi connectivity index (χ3n) is 2.71. The number of rotatable bonds is 2. The van der Waals surface area contributed by atoms with Crippen LogP contribution >= 0.6 is 0 Å². The van der Waals surface area contributed by atoms with E-state index >= 15 is 0 Å². The van der Waals surface area contributed by atoms with Gasteiger partial charge >= 0.3 is 6.03 Å². The molecule has 5 nitrogen and oxygen atoms in total. The first-order valence-corrected chi connectivity index (χ1v) is 5.08. The molecule has 0 aromatic carbocycles. The minimum absolute atomic E-state index is 0.0524. The molecule has 0 radical (unpaired) electrons. The fourth-order valence-corrected chi connectivity index (χ4v) is 1.86. The van der Waals surface area contributed by atoms with Gasteiger partial charge in [-0.05, 0) is 12.8 Å². The van der Waals surface area contributed by atoms with Crippen molar-refractivity contribution in [1.29, 1.82) is 0 Å². The number of urea groups is 1. The maximum Gasteiger partial charge on any atom is 0.318 e. The van der Waals surface area contributed by atoms with Gasteiger partial charge in [-0.1, -0.05) is 0 Å². The standard InChI is InChI=1S/C9H15N3O2/c13-8-3-1-2-5-11(8)7-12-6-4-10-9(12)14/h1-7H2,(H,10,14). The number of carbonyl (C=O) groups is 2. The Hall–Kier alpha value is -1.26. The van der Waals surface area contributed by atoms with E-state index in [1.165, 1.54) is 0 Å². The van der Waals surface area contributed by atoms with Gasteiger partial charge in [-0.15, -0.1) is 0 Å². The molecule has 78 valence electrons. The zero-order valence-electron chi connectivity index (χ0n) is 8.16. The van der Waals surface area contributed by atoms with Gasteiger partial charge in [0.25, 0.3) is 0 Å². The maximum absolute atomic E-state index is 11.5. The van der Waals surface area contributed by atoms with Crippen LogP contribution < -0.4 is 5.32 Å². The summed E-state index contributed by atoms with van der Waals surface area (Å²) in [6, 6.07) is -0.0524. The molecule has 2 saturated heterocycles. The van der Waals surface area contributed by atoms with Crippen molar-refractivity contribution in [3.05, 3.63) is 0 Å². The second-order valence-corrected chi connectivity index (χ2v) is 3.75. The van der Waals surface area contributed by atoms with Gasteiger partial charge in [0.15, 0.2) is 0 Å². The minimum Gasteiger partial charge on any atom is -0.336 e. The Morgan fingerprint density at radius 1 is 1.14 bits per heavy atom. The van der Waals surface area contributed by atoms with Gasteiger partial charge in [0.2, 0.25) is 5.91 Å². The fraction of sp³-hybridized carbons (Fsp3) is 0.778. The maximum atomic E-state index is 11.5. The quantitative estimate of drug-likeness (QED) is 0.676. The number of carbonyl (C=O) groups excluding carboxylic acids is 2. The highest BCUT2D eigenvalue weighted by Crippen LogP contribution is 2.11. The molecule has 5 heteroatoms. The number of hydrogen-bond donors (Lipinski definition) is 1. The summed E-state index contributed by atoms with van der Waals surface area (Å²) in [5, 5.41) is 2.72. The van der Waals surface area contributed by atoms with Crippen LogP contribution in [0.2, 0.25) is 0 Å². The van der Waals surface area contributed by atoms with Crippen LogP contribution in [0.5, 0.6) is 0 Å². The van der Waals surface area contributed by atoms with Crippen LogP contribution in [0.25, 0.3) is 0 Å². The Balaban J connectivity index is 1.89. The molecule has 0 aromatic heterocycles. The van der Waals surface area contributed by atoms with Gasteiger partial charge in [-0.3, -0.25) is 4.79 Å². The molecule has 2 rings (SSSR count). The van der Waals surface area contributed by atoms with E-state index in [2.05, 4.69) is 5.32 Å². The minimum atomic E-state index is -0.0524. The van der Waals surface area contributed by atoms with Crippen LogP contribution in [-0.4, -0.2) is 48.0 Å². The molecule has 0 spiro atoms. The summed E-state index contributed by atoms with van der Waals surface area (Å²) < 4.78 is 0. The van der Waals surface area contributed by atoms with E-state index in [9.17, 15) is 9.59 Å². The summed E-state index contributed by atoms with van der Waals surface area (Å²) in [5.41, 5.74) is 0. The molecular formula is C9H15N3O2. The molecule has 2 aliphatic heterocycles. The van der Waals surface area contributed by atoms with Crippen molar-refractivity contribution in [1.82, 2.24) is 15.1 Å². The van der Waals surface area contributed by atoms with E-state index in [4.69, 9.17) is 0 Å². The molecule has 14 heavy (non-hydrogen) atoms. The third-order valence-corrected chi connectivity index (χ3v) is 2.71. The lowest BCUT2D eigenvalue weighted by atomic mass is 10.1. The van der Waals surface area contributed by atoms with E-state index in [1.807, 2.05) is 0 Å². The average Bonchev–Trinajstić information content (AvgIpc) is 2.56. The van der Waals surface area contributed by atoms with E-state index in [0.717, 1.165) is 19.4 Å². The van der Waals surface area contributed by atoms with Crippen molar-refractivity contribution >= 4 is 11.9 Å². The zero-order chi connectivity index (χ0) is 9.97. The lowest BCUT2D eigenvalue weighted by Gasteiger charge is -2.30. The van der Waals surface area contributed by atoms with Crippen molar-refractivity contribution in [3.8, 4) is 0 Å². The van der Waals surface area contributed by atoms with Gasteiger partial charge in [-0.2, -0.15) is 0 Å². The predicted octanol–water partition coefficient (Wildman–Crippen LogP) is -0.0184. The highest BCUT2D eigenvalue weighted by atomic mass is 16.2. The summed E-state index contributed by atoms with van der Waals surface area (Å²) in [6.07, 6.45) is 2.68. The molecule has 1 N–H and O–H groups in total. The molecule has 0 saturated carbocycles. The number of nitrogens with zero attached hydrogens (tertiary/aromatic N) is 2. The Morgan fingerprint density at radius 3 is 2.64 bits per heavy atom. The van der Waals surface area contributed by atoms with Crippen LogP contribution in [0.4, 0.5) is 4.79 Å². The summed E-state index contributed by atoms with van der Waals surface area (Å²) in [7, 11) is 0. The summed E-state index contributed by atoms with van der Waals surface area (Å²) in [6.45, 7) is 2.66. The van der Waals surface area contributed by atoms with Crippen molar-refractivity contribution in [2.45, 2.75) is 19.3 Å². The van der Waals surface area contributed by atoms with E-state index in [0.29, 0.717) is 26.2 Å². The van der Waals surface area contributed by atoms with Crippen LogP contribution in [0.15, 0.2) is 0 Å². The number of likely N-dealkylation sites (tertiary alicyclic amines) is 1. The molecule has 0 bridgehead atoms. The molecule has 0 atom stereocenters. The van der Waals surface area contributed by atoms with E-state index in [1.54, 1.807) is 9.80 Å². The summed E-state index contributed by atoms with van der Waals surface area (Å²) in [5.74, 6) is 0.177. The lowest BCUT2D eigenvalue weighted by molar-refractivity contribution is -0.134. The normalized spacial score (nSPS) is 22.9. The topological polar surface area (TPSA) is 52.7 Å². The second-order valence-electron chi connectivity index (χ2n) is 3.75. The molecule has 0 aromatic rings. The van der Waals surface area contributed by atoms with E-state index < -0.39 is 0 Å². The van der Waals surface area contributed by atoms with Gasteiger partial charge in [-0.25, -0.2) is 4.79 Å². The molecular weight excluding hydrogens is 182 g/mol. The number of piperidine rings is 1. The largest absolute Gasteiger partial charge is 0.336 e. The summed E-state index contributed by atoms with van der Waals surface area (Å²) in [4.78, 5) is 26.1. The van der Waals surface area contributed by atoms with Crippen LogP contribution in [-0.2, 0) is 4.79 Å². The second kappa shape index (κ2) is 3.86. The Bertz CT molecular complexity index is 254. The van der Waals surface area contributed by atoms with Gasteiger partial charge in [0.05, 0.1) is 6.67 Å². The van der Waals surface area contributed by atoms with Crippen molar-refractivity contribution < 1.29 is 9.59 Å². The van der Waals surface area contributed by atoms with Gasteiger partial charge in [0.1, 0.15) is 0 Å². The number of nitrogens with one attached hydrogen (secondary N) is 1. The Labute approximate surface area is 83.0 Å². The van der Waals surface area contributed by atoms with Crippen molar-refractivity contribution in [2.75, 3.05) is 26.3 Å². The van der Waals surface area contributed by atoms with E-state index in [-0.39, 0.29) is 11.9 Å². The van der Waals surface area contributed by atoms with Gasteiger partial charge in [0, 0.05) is 26.1 Å². The summed E-state index contributed by atoms with van der Waals surface area (Å²) >= 11 is 0. The smallest absolute Gasteiger partial charge is 0.318 e. The van der Waals surface area contributed by atoms with Crippen LogP contribution in [0.3, 0.4) is 0 Å². The van der Waals surface area contributed by atoms with Crippen molar-refractivity contribution in [2.24, 2.45) is 0 Å². The predicted molar refractivity (Wildman–Crippen MR) is 50.5 cm³/mol. The van der Waals surface area contributed by atoms with Crippen LogP contribution in [0, 0.1) is 0 Å².